The van der Waals surface area contributed by atoms with Crippen LogP contribution in [-0.4, -0.2) is 38.2 Å². The Morgan fingerprint density at radius 3 is 1.83 bits per heavy atom. The number of carbonyl (C=O) groups is 2. The minimum atomic E-state index is -1.75. The van der Waals surface area contributed by atoms with Crippen molar-refractivity contribution in [1.82, 2.24) is 4.98 Å². The summed E-state index contributed by atoms with van der Waals surface area (Å²) in [6, 6.07) is 7.66. The van der Waals surface area contributed by atoms with Crippen molar-refractivity contribution in [2.45, 2.75) is 12.5 Å². The van der Waals surface area contributed by atoms with Crippen LogP contribution >= 0.6 is 0 Å². The molecule has 0 spiro atoms. The van der Waals surface area contributed by atoms with Crippen molar-refractivity contribution in [3.63, 3.8) is 0 Å². The molecule has 1 heterocycles. The molecule has 0 aliphatic rings. The van der Waals surface area contributed by atoms with E-state index in [-0.39, 0.29) is 45.7 Å². The molecule has 29 heavy (non-hydrogen) atoms. The van der Waals surface area contributed by atoms with Crippen molar-refractivity contribution in [2.75, 3.05) is 0 Å². The molecule has 15 nitrogen and oxygen atoms in total. The molecule has 0 saturated heterocycles. The Bertz CT molecular complexity index is 780. The van der Waals surface area contributed by atoms with Crippen LogP contribution in [0.2, 0.25) is 0 Å². The molecule has 0 aliphatic carbocycles. The fraction of sp³-hybridized carbons (Fsp3) is 0.154. The number of phenolic OH excluding ortho intramolecular Hbond substituents is 1. The number of carbonyl (C=O) groups excluding carboxylic acids is 2. The number of nitrogens with two attached hydrogens (primary N) is 1. The zero-order valence-corrected chi connectivity index (χ0v) is 18.3. The van der Waals surface area contributed by atoms with Gasteiger partial charge in [-0.1, -0.05) is 18.2 Å². The van der Waals surface area contributed by atoms with E-state index >= 15 is 0 Å². The quantitative estimate of drug-likeness (QED) is 0.266. The van der Waals surface area contributed by atoms with E-state index in [4.69, 9.17) is 36.4 Å². The van der Waals surface area contributed by atoms with Crippen molar-refractivity contribution in [2.24, 2.45) is 5.73 Å². The Balaban J connectivity index is -0.000000340. The van der Waals surface area contributed by atoms with E-state index in [0.717, 1.165) is 5.39 Å². The minimum Gasteiger partial charge on any atom is -0.550 e. The van der Waals surface area contributed by atoms with Gasteiger partial charge < -0.3 is 61.3 Å². The Labute approximate surface area is 193 Å². The average molecular weight is 632 g/mol. The molecule has 154 valence electrons. The van der Waals surface area contributed by atoms with E-state index in [1.54, 1.807) is 18.3 Å². The van der Waals surface area contributed by atoms with Gasteiger partial charge in [-0.2, -0.15) is 0 Å². The van der Waals surface area contributed by atoms with E-state index in [1.807, 2.05) is 18.2 Å². The van der Waals surface area contributed by atoms with Crippen LogP contribution in [0.4, 0.5) is 0 Å². The molecule has 0 fully saturated rings. The van der Waals surface area contributed by atoms with Crippen LogP contribution in [0.5, 0.6) is 5.75 Å². The van der Waals surface area contributed by atoms with Crippen molar-refractivity contribution >= 4 is 22.8 Å². The number of benzene rings is 1. The topological polar surface area (TPSA) is 272 Å². The molecule has 1 aromatic heterocycles. The summed E-state index contributed by atoms with van der Waals surface area (Å²) in [5, 5.41) is 59.1. The standard InChI is InChI=1S/C9H7NO.C4H7NO4.2NO3.Th/c11-8-5-1-3-7-4-2-6-10-9(7)8;5-2(4(8)9)1-3(6)7;2*2-1(3)4;/h1-6,11H;2H,1,5H2,(H,6,7)(H,8,9);;;/q;;2*-1;+4/p-2. The van der Waals surface area contributed by atoms with Gasteiger partial charge >= 0.3 is 39.9 Å². The fourth-order valence-electron chi connectivity index (χ4n) is 1.35. The molecule has 2 aromatic rings. The number of pyridine rings is 1. The predicted octanol–water partition coefficient (Wildman–Crippen LogP) is -2.33. The second-order valence-electron chi connectivity index (χ2n) is 4.30. The number of hydrogen-bond acceptors (Lipinski definition) is 13. The molecule has 3 N–H and O–H groups in total. The van der Waals surface area contributed by atoms with E-state index < -0.39 is 34.6 Å². The summed E-state index contributed by atoms with van der Waals surface area (Å²) in [4.78, 5) is 39.9. The zero-order chi connectivity index (χ0) is 22.3. The minimum absolute atomic E-state index is 0. The first-order valence-corrected chi connectivity index (χ1v) is 6.70. The fourth-order valence-corrected chi connectivity index (χ4v) is 1.35. The molecule has 2 rings (SSSR count). The predicted molar refractivity (Wildman–Crippen MR) is 86.7 cm³/mol. The molecule has 0 saturated carbocycles. The third-order valence-corrected chi connectivity index (χ3v) is 2.30. The number of nitrogens with zero attached hydrogens (tertiary/aromatic N) is 3. The molecular weight excluding hydrogens is 620 g/mol. The smallest absolute Gasteiger partial charge is 0.550 e. The van der Waals surface area contributed by atoms with E-state index in [2.05, 4.69) is 4.98 Å². The van der Waals surface area contributed by atoms with Gasteiger partial charge in [0.05, 0.1) is 16.1 Å². The van der Waals surface area contributed by atoms with E-state index in [0.29, 0.717) is 5.52 Å². The van der Waals surface area contributed by atoms with Gasteiger partial charge in [-0.05, 0) is 12.1 Å². The van der Waals surface area contributed by atoms with Crippen molar-refractivity contribution < 1.29 is 75.0 Å². The summed E-state index contributed by atoms with van der Waals surface area (Å²) in [6.07, 6.45) is 0.963. The zero-order valence-electron chi connectivity index (χ0n) is 14.2. The van der Waals surface area contributed by atoms with Gasteiger partial charge in [0.2, 0.25) is 0 Å². The number of hydrogen-bond donors (Lipinski definition) is 2. The van der Waals surface area contributed by atoms with Crippen molar-refractivity contribution in [3.8, 4) is 5.75 Å². The molecule has 1 atom stereocenters. The first-order valence-electron chi connectivity index (χ1n) is 6.70. The number of rotatable bonds is 3. The Hall–Kier alpha value is -2.95. The maximum absolute atomic E-state index is 9.71. The average Bonchev–Trinajstić information content (AvgIpc) is 2.54. The monoisotopic (exact) mass is 632 g/mol. The normalized spacial score (nSPS) is 9.41. The molecule has 0 radical (unpaired) electrons. The number of carboxylic acid groups (broad SMARTS) is 2. The Morgan fingerprint density at radius 1 is 1.03 bits per heavy atom. The second-order valence-corrected chi connectivity index (χ2v) is 4.30. The van der Waals surface area contributed by atoms with Crippen LogP contribution in [0.25, 0.3) is 10.9 Å². The third kappa shape index (κ3) is 19.6. The number of carboxylic acids is 2. The number of aromatic nitrogens is 1. The number of para-hydroxylation sites is 1. The third-order valence-electron chi connectivity index (χ3n) is 2.30. The summed E-state index contributed by atoms with van der Waals surface area (Å²) < 4.78 is 0. The second kappa shape index (κ2) is 17.2. The van der Waals surface area contributed by atoms with Gasteiger partial charge in [0, 0.05) is 30.0 Å². The summed E-state index contributed by atoms with van der Waals surface area (Å²) in [5.74, 6) is -2.84. The van der Waals surface area contributed by atoms with Gasteiger partial charge in [-0.15, -0.1) is 0 Å². The SMILES string of the molecule is NC(CC(=O)[O-])C(=O)[O-].O=[N+]([O-])[O-].O=[N+]([O-])[O-].Oc1cccc2cccnc12.[Th+4]. The molecular formula is C13H12N4O11Th. The summed E-state index contributed by atoms with van der Waals surface area (Å²) in [6.45, 7) is 0. The molecule has 0 aliphatic heterocycles. The first-order chi connectivity index (χ1) is 12.9. The maximum atomic E-state index is 9.71. The number of fused-ring (bicyclic) bond motifs is 1. The molecule has 1 unspecified atom stereocenters. The van der Waals surface area contributed by atoms with Gasteiger partial charge in [0.25, 0.3) is 0 Å². The molecule has 0 amide bonds. The van der Waals surface area contributed by atoms with Gasteiger partial charge in [0.1, 0.15) is 11.3 Å². The van der Waals surface area contributed by atoms with Crippen LogP contribution in [0.15, 0.2) is 36.5 Å². The van der Waals surface area contributed by atoms with Crippen LogP contribution in [0.3, 0.4) is 0 Å². The molecule has 0 bridgehead atoms. The van der Waals surface area contributed by atoms with Gasteiger partial charge in [-0.3, -0.25) is 4.98 Å². The molecule has 1 aromatic carbocycles. The van der Waals surface area contributed by atoms with Gasteiger partial charge in [-0.25, -0.2) is 0 Å². The number of aromatic hydroxyl groups is 1. The summed E-state index contributed by atoms with van der Waals surface area (Å²) >= 11 is 0. The first kappa shape index (κ1) is 30.8. The number of phenols is 1. The largest absolute Gasteiger partial charge is 4.00 e. The van der Waals surface area contributed by atoms with Crippen molar-refractivity contribution in [1.29, 1.82) is 0 Å². The Morgan fingerprint density at radius 2 is 1.48 bits per heavy atom. The summed E-state index contributed by atoms with van der Waals surface area (Å²) in [7, 11) is 0. The van der Waals surface area contributed by atoms with Crippen molar-refractivity contribution in [3.05, 3.63) is 67.2 Å². The molecule has 16 heteroatoms. The number of aliphatic carboxylic acids is 2. The van der Waals surface area contributed by atoms with Crippen LogP contribution < -0.4 is 15.9 Å². The van der Waals surface area contributed by atoms with E-state index in [9.17, 15) is 24.9 Å². The van der Waals surface area contributed by atoms with E-state index in [1.165, 1.54) is 0 Å². The van der Waals surface area contributed by atoms with Crippen LogP contribution in [0, 0.1) is 70.6 Å². The Kier molecular flexibility index (Phi) is 18.2. The van der Waals surface area contributed by atoms with Crippen LogP contribution in [0.1, 0.15) is 6.42 Å². The van der Waals surface area contributed by atoms with Crippen LogP contribution in [-0.2, 0) is 9.59 Å². The summed E-state index contributed by atoms with van der Waals surface area (Å²) in [5.41, 5.74) is 5.40. The maximum Gasteiger partial charge on any atom is 4.00 e. The van der Waals surface area contributed by atoms with Gasteiger partial charge in [0.15, 0.2) is 0 Å².